The zero-order chi connectivity index (χ0) is 14.4. The molecule has 2 unspecified atom stereocenters. The Hall–Kier alpha value is -1.07. The Morgan fingerprint density at radius 2 is 2.00 bits per heavy atom. The van der Waals surface area contributed by atoms with Crippen molar-refractivity contribution in [1.29, 1.82) is 0 Å². The van der Waals surface area contributed by atoms with E-state index in [2.05, 4.69) is 13.8 Å². The van der Waals surface area contributed by atoms with Crippen LogP contribution in [0.2, 0.25) is 0 Å². The fourth-order valence-corrected chi connectivity index (χ4v) is 2.31. The molecule has 5 heteroatoms. The first-order valence-electron chi connectivity index (χ1n) is 7.11. The van der Waals surface area contributed by atoms with Crippen LogP contribution in [0, 0.1) is 0 Å². The molecule has 2 atom stereocenters. The van der Waals surface area contributed by atoms with E-state index in [4.69, 9.17) is 20.9 Å². The van der Waals surface area contributed by atoms with E-state index in [1.54, 1.807) is 6.92 Å². The highest BCUT2D eigenvalue weighted by Gasteiger charge is 2.33. The highest BCUT2D eigenvalue weighted by molar-refractivity contribution is 5.89. The number of ether oxygens (including phenoxy) is 2. The maximum atomic E-state index is 11.8. The summed E-state index contributed by atoms with van der Waals surface area (Å²) < 4.78 is 11.0. The van der Waals surface area contributed by atoms with E-state index < -0.39 is 0 Å². The van der Waals surface area contributed by atoms with Gasteiger partial charge in [-0.15, -0.1) is 0 Å². The van der Waals surface area contributed by atoms with Crippen molar-refractivity contribution in [1.82, 2.24) is 0 Å². The molecule has 1 aliphatic rings. The van der Waals surface area contributed by atoms with Gasteiger partial charge in [0, 0.05) is 11.7 Å². The van der Waals surface area contributed by atoms with Gasteiger partial charge >= 0.3 is 5.97 Å². The first kappa shape index (κ1) is 16.0. The smallest absolute Gasteiger partial charge is 0.335 e. The van der Waals surface area contributed by atoms with Gasteiger partial charge in [0.25, 0.3) is 0 Å². The van der Waals surface area contributed by atoms with E-state index in [1.807, 2.05) is 0 Å². The van der Waals surface area contributed by atoms with Crippen LogP contribution >= 0.6 is 0 Å². The lowest BCUT2D eigenvalue weighted by Gasteiger charge is -2.33. The van der Waals surface area contributed by atoms with Gasteiger partial charge in [-0.2, -0.15) is 0 Å². The topological polar surface area (TPSA) is 87.6 Å². The van der Waals surface area contributed by atoms with Crippen LogP contribution in [0.25, 0.3) is 0 Å². The molecule has 0 bridgehead atoms. The number of hydrogen-bond acceptors (Lipinski definition) is 5. The Bertz CT molecular complexity index is 338. The number of carbonyl (C=O) groups is 1. The van der Waals surface area contributed by atoms with E-state index in [0.29, 0.717) is 30.7 Å². The summed E-state index contributed by atoms with van der Waals surface area (Å²) in [7, 11) is 0. The molecule has 110 valence electrons. The Balaban J connectivity index is 2.87. The SMILES string of the molecule is CCOC(=O)C1=C(N)C(OC(CC)CC)C(N)CC1. The summed E-state index contributed by atoms with van der Waals surface area (Å²) in [5.41, 5.74) is 13.1. The van der Waals surface area contributed by atoms with Crippen LogP contribution in [-0.4, -0.2) is 30.8 Å². The van der Waals surface area contributed by atoms with E-state index in [-0.39, 0.29) is 24.2 Å². The lowest BCUT2D eigenvalue weighted by molar-refractivity contribution is -0.139. The van der Waals surface area contributed by atoms with Crippen LogP contribution in [0.4, 0.5) is 0 Å². The van der Waals surface area contributed by atoms with E-state index >= 15 is 0 Å². The fraction of sp³-hybridized carbons (Fsp3) is 0.786. The summed E-state index contributed by atoms with van der Waals surface area (Å²) in [5.74, 6) is -0.343. The summed E-state index contributed by atoms with van der Waals surface area (Å²) in [4.78, 5) is 11.8. The van der Waals surface area contributed by atoms with E-state index in [1.165, 1.54) is 0 Å². The second-order valence-electron chi connectivity index (χ2n) is 4.85. The van der Waals surface area contributed by atoms with Crippen LogP contribution in [0.5, 0.6) is 0 Å². The largest absolute Gasteiger partial charge is 0.463 e. The van der Waals surface area contributed by atoms with Gasteiger partial charge in [-0.25, -0.2) is 4.79 Å². The van der Waals surface area contributed by atoms with Gasteiger partial charge < -0.3 is 20.9 Å². The summed E-state index contributed by atoms with van der Waals surface area (Å²) in [6.07, 6.45) is 2.81. The van der Waals surface area contributed by atoms with Gasteiger partial charge in [-0.05, 0) is 32.6 Å². The molecule has 0 heterocycles. The Morgan fingerprint density at radius 3 is 2.53 bits per heavy atom. The minimum absolute atomic E-state index is 0.121. The van der Waals surface area contributed by atoms with Gasteiger partial charge in [0.1, 0.15) is 6.10 Å². The predicted molar refractivity (Wildman–Crippen MR) is 74.3 cm³/mol. The van der Waals surface area contributed by atoms with Gasteiger partial charge in [0.2, 0.25) is 0 Å². The molecule has 0 aromatic heterocycles. The summed E-state index contributed by atoms with van der Waals surface area (Å²) >= 11 is 0. The molecule has 0 radical (unpaired) electrons. The van der Waals surface area contributed by atoms with Crippen molar-refractivity contribution >= 4 is 5.97 Å². The van der Waals surface area contributed by atoms with Crippen LogP contribution in [-0.2, 0) is 14.3 Å². The van der Waals surface area contributed by atoms with Crippen molar-refractivity contribution in [3.05, 3.63) is 11.3 Å². The predicted octanol–water partition coefficient (Wildman–Crippen LogP) is 1.46. The molecule has 0 saturated heterocycles. The number of rotatable bonds is 6. The number of hydrogen-bond donors (Lipinski definition) is 2. The first-order chi connectivity index (χ1) is 9.04. The van der Waals surface area contributed by atoms with Crippen LogP contribution in [0.1, 0.15) is 46.5 Å². The van der Waals surface area contributed by atoms with Crippen LogP contribution in [0.15, 0.2) is 11.3 Å². The molecule has 0 amide bonds. The van der Waals surface area contributed by atoms with Gasteiger partial charge in [0.15, 0.2) is 0 Å². The fourth-order valence-electron chi connectivity index (χ4n) is 2.31. The second kappa shape index (κ2) is 7.50. The van der Waals surface area contributed by atoms with Crippen molar-refractivity contribution in [3.8, 4) is 0 Å². The molecule has 0 aromatic rings. The molecule has 0 aliphatic heterocycles. The lowest BCUT2D eigenvalue weighted by atomic mass is 9.90. The van der Waals surface area contributed by atoms with Gasteiger partial charge in [-0.1, -0.05) is 13.8 Å². The Kier molecular flexibility index (Phi) is 6.31. The molecule has 0 fully saturated rings. The highest BCUT2D eigenvalue weighted by Crippen LogP contribution is 2.26. The normalized spacial score (nSPS) is 23.8. The average molecular weight is 270 g/mol. The first-order valence-corrected chi connectivity index (χ1v) is 7.11. The molecule has 0 aromatic carbocycles. The third kappa shape index (κ3) is 3.94. The van der Waals surface area contributed by atoms with Crippen LogP contribution in [0.3, 0.4) is 0 Å². The van der Waals surface area contributed by atoms with Crippen LogP contribution < -0.4 is 11.5 Å². The molecular weight excluding hydrogens is 244 g/mol. The maximum Gasteiger partial charge on any atom is 0.335 e. The van der Waals surface area contributed by atoms with Crippen molar-refractivity contribution in [3.63, 3.8) is 0 Å². The molecular formula is C14H26N2O3. The Labute approximate surface area is 115 Å². The average Bonchev–Trinajstić information content (AvgIpc) is 2.39. The summed E-state index contributed by atoms with van der Waals surface area (Å²) in [6, 6.07) is -0.154. The quantitative estimate of drug-likeness (QED) is 0.713. The van der Waals surface area contributed by atoms with E-state index in [0.717, 1.165) is 12.8 Å². The lowest BCUT2D eigenvalue weighted by Crippen LogP contribution is -2.46. The standard InChI is InChI=1S/C14H26N2O3/c1-4-9(5-2)19-13-11(15)8-7-10(12(13)16)14(17)18-6-3/h9,11,13H,4-8,15-16H2,1-3H3. The van der Waals surface area contributed by atoms with Crippen molar-refractivity contribution in [2.45, 2.75) is 64.7 Å². The molecule has 19 heavy (non-hydrogen) atoms. The molecule has 4 N–H and O–H groups in total. The number of esters is 1. The second-order valence-corrected chi connectivity index (χ2v) is 4.85. The number of nitrogens with two attached hydrogens (primary N) is 2. The zero-order valence-electron chi connectivity index (χ0n) is 12.1. The number of carbonyl (C=O) groups excluding carboxylic acids is 1. The van der Waals surface area contributed by atoms with Crippen molar-refractivity contribution < 1.29 is 14.3 Å². The minimum Gasteiger partial charge on any atom is -0.463 e. The minimum atomic E-state index is -0.377. The zero-order valence-corrected chi connectivity index (χ0v) is 12.1. The summed E-state index contributed by atoms with van der Waals surface area (Å²) in [5, 5.41) is 0. The van der Waals surface area contributed by atoms with Gasteiger partial charge in [-0.3, -0.25) is 0 Å². The molecule has 5 nitrogen and oxygen atoms in total. The molecule has 1 rings (SSSR count). The van der Waals surface area contributed by atoms with Gasteiger partial charge in [0.05, 0.1) is 18.3 Å². The van der Waals surface area contributed by atoms with Crippen molar-refractivity contribution in [2.24, 2.45) is 11.5 Å². The monoisotopic (exact) mass is 270 g/mol. The third-order valence-electron chi connectivity index (χ3n) is 3.54. The molecule has 1 aliphatic carbocycles. The summed E-state index contributed by atoms with van der Waals surface area (Å²) in [6.45, 7) is 6.25. The molecule has 0 spiro atoms. The maximum absolute atomic E-state index is 11.8. The molecule has 0 saturated carbocycles. The van der Waals surface area contributed by atoms with E-state index in [9.17, 15) is 4.79 Å². The highest BCUT2D eigenvalue weighted by atomic mass is 16.5. The third-order valence-corrected chi connectivity index (χ3v) is 3.54. The van der Waals surface area contributed by atoms with Crippen molar-refractivity contribution in [2.75, 3.05) is 6.61 Å². The Morgan fingerprint density at radius 1 is 1.37 bits per heavy atom.